The van der Waals surface area contributed by atoms with Gasteiger partial charge in [-0.3, -0.25) is 0 Å². The molecule has 1 rings (SSSR count). The van der Waals surface area contributed by atoms with E-state index in [9.17, 15) is 0 Å². The Kier molecular flexibility index (Phi) is 5.14. The van der Waals surface area contributed by atoms with E-state index in [1.54, 1.807) is 11.3 Å². The molecular formula is C10H17N3OS. The fourth-order valence-electron chi connectivity index (χ4n) is 1.28. The summed E-state index contributed by atoms with van der Waals surface area (Å²) in [5.41, 5.74) is 5.36. The smallest absolute Gasteiger partial charge is 0.139 e. The summed E-state index contributed by atoms with van der Waals surface area (Å²) in [6.07, 6.45) is 1.51. The molecule has 0 spiro atoms. The second-order valence-corrected chi connectivity index (χ2v) is 4.37. The SMILES string of the molecule is C[C@H](NCCC/C(N)=N/O)c1cccs1. The lowest BCUT2D eigenvalue weighted by Crippen LogP contribution is -2.21. The van der Waals surface area contributed by atoms with E-state index in [-0.39, 0.29) is 0 Å². The normalized spacial score (nSPS) is 14.1. The number of nitrogens with two attached hydrogens (primary N) is 1. The van der Waals surface area contributed by atoms with Gasteiger partial charge in [-0.15, -0.1) is 11.3 Å². The first-order valence-corrected chi connectivity index (χ1v) is 5.85. The summed E-state index contributed by atoms with van der Waals surface area (Å²) in [4.78, 5) is 1.33. The van der Waals surface area contributed by atoms with Crippen LogP contribution in [0.15, 0.2) is 22.7 Å². The van der Waals surface area contributed by atoms with Gasteiger partial charge < -0.3 is 16.3 Å². The second-order valence-electron chi connectivity index (χ2n) is 3.39. The first-order valence-electron chi connectivity index (χ1n) is 4.97. The van der Waals surface area contributed by atoms with E-state index in [2.05, 4.69) is 34.9 Å². The van der Waals surface area contributed by atoms with Crippen molar-refractivity contribution >= 4 is 17.2 Å². The number of amidine groups is 1. The quantitative estimate of drug-likeness (QED) is 0.229. The molecule has 0 aliphatic carbocycles. The fourth-order valence-corrected chi connectivity index (χ4v) is 2.04. The molecular weight excluding hydrogens is 210 g/mol. The summed E-state index contributed by atoms with van der Waals surface area (Å²) in [6.45, 7) is 3.00. The van der Waals surface area contributed by atoms with E-state index in [0.29, 0.717) is 18.3 Å². The molecule has 0 unspecified atom stereocenters. The third-order valence-corrected chi connectivity index (χ3v) is 3.21. The van der Waals surface area contributed by atoms with Crippen molar-refractivity contribution in [3.8, 4) is 0 Å². The van der Waals surface area contributed by atoms with Crippen LogP contribution in [0, 0.1) is 0 Å². The Hall–Kier alpha value is -1.07. The average Bonchev–Trinajstić information content (AvgIpc) is 2.77. The molecule has 1 aromatic heterocycles. The number of hydrogen-bond donors (Lipinski definition) is 3. The molecule has 5 heteroatoms. The molecule has 0 aromatic carbocycles. The molecule has 0 amide bonds. The van der Waals surface area contributed by atoms with Crippen molar-refractivity contribution in [2.75, 3.05) is 6.54 Å². The highest BCUT2D eigenvalue weighted by atomic mass is 32.1. The maximum absolute atomic E-state index is 8.34. The van der Waals surface area contributed by atoms with Crippen LogP contribution in [0.25, 0.3) is 0 Å². The van der Waals surface area contributed by atoms with Crippen LogP contribution in [0.1, 0.15) is 30.7 Å². The average molecular weight is 227 g/mol. The Labute approximate surface area is 93.8 Å². The lowest BCUT2D eigenvalue weighted by atomic mass is 10.2. The number of hydrogen-bond acceptors (Lipinski definition) is 4. The van der Waals surface area contributed by atoms with Gasteiger partial charge in [0.25, 0.3) is 0 Å². The van der Waals surface area contributed by atoms with Gasteiger partial charge in [-0.05, 0) is 31.3 Å². The topological polar surface area (TPSA) is 70.6 Å². The number of oxime groups is 1. The maximum Gasteiger partial charge on any atom is 0.139 e. The van der Waals surface area contributed by atoms with Crippen LogP contribution >= 0.6 is 11.3 Å². The van der Waals surface area contributed by atoms with E-state index in [4.69, 9.17) is 10.9 Å². The summed E-state index contributed by atoms with van der Waals surface area (Å²) in [5, 5.41) is 16.7. The standard InChI is InChI=1S/C10H17N3OS/c1-8(9-4-3-7-15-9)12-6-2-5-10(11)13-14/h3-4,7-8,12,14H,2,5-6H2,1H3,(H2,11,13)/t8-/m0/s1. The third-order valence-electron chi connectivity index (χ3n) is 2.16. The van der Waals surface area contributed by atoms with Gasteiger partial charge in [-0.1, -0.05) is 11.2 Å². The van der Waals surface area contributed by atoms with Crippen LogP contribution < -0.4 is 11.1 Å². The fraction of sp³-hybridized carbons (Fsp3) is 0.500. The number of nitrogens with one attached hydrogen (secondary N) is 1. The Morgan fingerprint density at radius 2 is 2.53 bits per heavy atom. The van der Waals surface area contributed by atoms with E-state index >= 15 is 0 Å². The summed E-state index contributed by atoms with van der Waals surface area (Å²) in [6, 6.07) is 4.54. The van der Waals surface area contributed by atoms with Crippen LogP contribution in [0.5, 0.6) is 0 Å². The molecule has 1 aromatic rings. The molecule has 1 atom stereocenters. The first kappa shape index (κ1) is 12.0. The molecule has 0 bridgehead atoms. The van der Waals surface area contributed by atoms with E-state index in [0.717, 1.165) is 13.0 Å². The molecule has 0 saturated heterocycles. The van der Waals surface area contributed by atoms with Gasteiger partial charge in [0.1, 0.15) is 5.84 Å². The third kappa shape index (κ3) is 4.31. The molecule has 1 heterocycles. The van der Waals surface area contributed by atoms with Crippen molar-refractivity contribution in [2.24, 2.45) is 10.9 Å². The van der Waals surface area contributed by atoms with Gasteiger partial charge in [0, 0.05) is 17.3 Å². The largest absolute Gasteiger partial charge is 0.409 e. The number of thiophene rings is 1. The number of rotatable bonds is 6. The zero-order valence-corrected chi connectivity index (χ0v) is 9.63. The molecule has 0 saturated carbocycles. The van der Waals surface area contributed by atoms with Gasteiger partial charge >= 0.3 is 0 Å². The van der Waals surface area contributed by atoms with E-state index in [1.807, 2.05) is 0 Å². The first-order chi connectivity index (χ1) is 7.24. The highest BCUT2D eigenvalue weighted by Crippen LogP contribution is 2.17. The molecule has 0 aliphatic rings. The molecule has 0 fully saturated rings. The molecule has 0 aliphatic heterocycles. The van der Waals surface area contributed by atoms with Gasteiger partial charge in [0.2, 0.25) is 0 Å². The maximum atomic E-state index is 8.34. The summed E-state index contributed by atoms with van der Waals surface area (Å²) < 4.78 is 0. The molecule has 4 nitrogen and oxygen atoms in total. The predicted molar refractivity (Wildman–Crippen MR) is 63.4 cm³/mol. The van der Waals surface area contributed by atoms with Gasteiger partial charge in [0.15, 0.2) is 0 Å². The van der Waals surface area contributed by atoms with Crippen LogP contribution in [0.4, 0.5) is 0 Å². The molecule has 15 heavy (non-hydrogen) atoms. The number of nitrogens with zero attached hydrogens (tertiary/aromatic N) is 1. The highest BCUT2D eigenvalue weighted by molar-refractivity contribution is 7.10. The zero-order chi connectivity index (χ0) is 11.1. The highest BCUT2D eigenvalue weighted by Gasteiger charge is 2.04. The van der Waals surface area contributed by atoms with Crippen molar-refractivity contribution in [3.05, 3.63) is 22.4 Å². The van der Waals surface area contributed by atoms with Crippen molar-refractivity contribution in [1.82, 2.24) is 5.32 Å². The Balaban J connectivity index is 2.15. The minimum absolute atomic E-state index is 0.292. The molecule has 84 valence electrons. The van der Waals surface area contributed by atoms with Crippen LogP contribution in [0.2, 0.25) is 0 Å². The van der Waals surface area contributed by atoms with Crippen molar-refractivity contribution in [1.29, 1.82) is 0 Å². The Bertz CT molecular complexity index is 298. The van der Waals surface area contributed by atoms with Crippen molar-refractivity contribution in [2.45, 2.75) is 25.8 Å². The zero-order valence-electron chi connectivity index (χ0n) is 8.81. The summed E-state index contributed by atoms with van der Waals surface area (Å²) in [5.74, 6) is 0.292. The Morgan fingerprint density at radius 1 is 1.73 bits per heavy atom. The van der Waals surface area contributed by atoms with Crippen LogP contribution in [-0.2, 0) is 0 Å². The lowest BCUT2D eigenvalue weighted by molar-refractivity contribution is 0.316. The van der Waals surface area contributed by atoms with E-state index < -0.39 is 0 Å². The van der Waals surface area contributed by atoms with Crippen molar-refractivity contribution < 1.29 is 5.21 Å². The van der Waals surface area contributed by atoms with Crippen molar-refractivity contribution in [3.63, 3.8) is 0 Å². The van der Waals surface area contributed by atoms with Crippen LogP contribution in [0.3, 0.4) is 0 Å². The summed E-state index contributed by atoms with van der Waals surface area (Å²) in [7, 11) is 0. The summed E-state index contributed by atoms with van der Waals surface area (Å²) >= 11 is 1.75. The second kappa shape index (κ2) is 6.42. The lowest BCUT2D eigenvalue weighted by Gasteiger charge is -2.11. The van der Waals surface area contributed by atoms with Gasteiger partial charge in [0.05, 0.1) is 0 Å². The minimum atomic E-state index is 0.292. The minimum Gasteiger partial charge on any atom is -0.409 e. The predicted octanol–water partition coefficient (Wildman–Crippen LogP) is 1.93. The Morgan fingerprint density at radius 3 is 3.13 bits per heavy atom. The molecule has 0 radical (unpaired) electrons. The monoisotopic (exact) mass is 227 g/mol. The van der Waals surface area contributed by atoms with Gasteiger partial charge in [-0.2, -0.15) is 0 Å². The van der Waals surface area contributed by atoms with Crippen LogP contribution in [-0.4, -0.2) is 17.6 Å². The molecule has 4 N–H and O–H groups in total. The van der Waals surface area contributed by atoms with Gasteiger partial charge in [-0.25, -0.2) is 0 Å². The van der Waals surface area contributed by atoms with E-state index in [1.165, 1.54) is 4.88 Å².